The molecule has 2 aromatic carbocycles. The second-order valence-corrected chi connectivity index (χ2v) is 6.84. The van der Waals surface area contributed by atoms with Crippen molar-refractivity contribution in [3.05, 3.63) is 77.1 Å². The number of anilines is 1. The van der Waals surface area contributed by atoms with E-state index in [-0.39, 0.29) is 11.6 Å². The number of nitrogens with zero attached hydrogens (tertiary/aromatic N) is 2. The van der Waals surface area contributed by atoms with Crippen molar-refractivity contribution < 1.29 is 9.59 Å². The zero-order chi connectivity index (χ0) is 18.8. The van der Waals surface area contributed by atoms with Crippen molar-refractivity contribution >= 4 is 17.3 Å². The summed E-state index contributed by atoms with van der Waals surface area (Å²) in [5.74, 6) is -0.199. The number of allylic oxidation sites excluding steroid dienone is 2. The van der Waals surface area contributed by atoms with Gasteiger partial charge in [-0.3, -0.25) is 9.59 Å². The highest BCUT2D eigenvalue weighted by Crippen LogP contribution is 2.30. The summed E-state index contributed by atoms with van der Waals surface area (Å²) in [6.07, 6.45) is 0. The molecule has 5 heteroatoms. The van der Waals surface area contributed by atoms with Gasteiger partial charge in [-0.15, -0.1) is 0 Å². The van der Waals surface area contributed by atoms with Gasteiger partial charge in [-0.05, 0) is 18.7 Å². The fourth-order valence-corrected chi connectivity index (χ4v) is 3.73. The highest BCUT2D eigenvalue weighted by molar-refractivity contribution is 6.27. The van der Waals surface area contributed by atoms with Crippen LogP contribution in [-0.2, 0) is 0 Å². The van der Waals surface area contributed by atoms with Crippen molar-refractivity contribution in [2.24, 2.45) is 0 Å². The molecule has 0 unspecified atom stereocenters. The van der Waals surface area contributed by atoms with E-state index in [1.54, 1.807) is 18.2 Å². The molecule has 0 aromatic heterocycles. The van der Waals surface area contributed by atoms with Gasteiger partial charge in [0.05, 0.1) is 0 Å². The van der Waals surface area contributed by atoms with E-state index in [0.717, 1.165) is 38.4 Å². The first-order valence-electron chi connectivity index (χ1n) is 9.41. The number of Topliss-reactive ketones (excluding diaryl/α,β-unsaturated/α-hetero) is 2. The lowest BCUT2D eigenvalue weighted by molar-refractivity contribution is 0.0909. The number of likely N-dealkylation sites (N-methyl/N-ethyl adjacent to an activating group) is 1. The number of piperazine rings is 1. The Labute approximate surface area is 159 Å². The summed E-state index contributed by atoms with van der Waals surface area (Å²) in [7, 11) is 0. The highest BCUT2D eigenvalue weighted by Gasteiger charge is 2.36. The number of rotatable bonds is 4. The third kappa shape index (κ3) is 3.26. The summed E-state index contributed by atoms with van der Waals surface area (Å²) < 4.78 is 0. The average Bonchev–Trinajstić information content (AvgIpc) is 2.73. The number of hydrogen-bond donors (Lipinski definition) is 1. The summed E-state index contributed by atoms with van der Waals surface area (Å²) in [4.78, 5) is 31.0. The first-order valence-corrected chi connectivity index (χ1v) is 9.41. The standard InChI is InChI=1S/C22H23N3O2/c1-2-24-12-14-25(15-13-24)20-19(23-16-8-4-3-5-9-16)21(26)17-10-6-7-11-18(17)22(20)27/h3-11,23H,2,12-15H2,1H3. The van der Waals surface area contributed by atoms with E-state index in [2.05, 4.69) is 22.0 Å². The molecule has 1 fully saturated rings. The Kier molecular flexibility index (Phi) is 4.77. The quantitative estimate of drug-likeness (QED) is 0.907. The molecule has 0 atom stereocenters. The number of para-hydroxylation sites is 1. The summed E-state index contributed by atoms with van der Waals surface area (Å²) in [6.45, 7) is 6.40. The fourth-order valence-electron chi connectivity index (χ4n) is 3.73. The van der Waals surface area contributed by atoms with Crippen LogP contribution in [0, 0.1) is 0 Å². The van der Waals surface area contributed by atoms with Crippen molar-refractivity contribution in [3.63, 3.8) is 0 Å². The molecule has 27 heavy (non-hydrogen) atoms. The fraction of sp³-hybridized carbons (Fsp3) is 0.273. The second kappa shape index (κ2) is 7.37. The molecule has 1 aliphatic carbocycles. The first-order chi connectivity index (χ1) is 13.2. The molecule has 1 heterocycles. The van der Waals surface area contributed by atoms with Crippen LogP contribution in [0.4, 0.5) is 5.69 Å². The summed E-state index contributed by atoms with van der Waals surface area (Å²) in [6, 6.07) is 16.6. The Balaban J connectivity index is 1.76. The lowest BCUT2D eigenvalue weighted by atomic mass is 9.89. The molecule has 5 nitrogen and oxygen atoms in total. The predicted molar refractivity (Wildman–Crippen MR) is 106 cm³/mol. The number of ketones is 2. The number of carbonyl (C=O) groups is 2. The van der Waals surface area contributed by atoms with Crippen molar-refractivity contribution in [3.8, 4) is 0 Å². The normalized spacial score (nSPS) is 17.9. The van der Waals surface area contributed by atoms with Gasteiger partial charge < -0.3 is 15.1 Å². The average molecular weight is 361 g/mol. The summed E-state index contributed by atoms with van der Waals surface area (Å²) in [5, 5.41) is 3.23. The van der Waals surface area contributed by atoms with E-state index < -0.39 is 0 Å². The molecular weight excluding hydrogens is 338 g/mol. The van der Waals surface area contributed by atoms with E-state index in [1.807, 2.05) is 36.4 Å². The third-order valence-electron chi connectivity index (χ3n) is 5.27. The van der Waals surface area contributed by atoms with Crippen LogP contribution in [0.2, 0.25) is 0 Å². The molecule has 0 amide bonds. The zero-order valence-electron chi connectivity index (χ0n) is 15.4. The SMILES string of the molecule is CCN1CCN(C2=C(Nc3ccccc3)C(=O)c3ccccc3C2=O)CC1. The van der Waals surface area contributed by atoms with Gasteiger partial charge in [0, 0.05) is 43.0 Å². The van der Waals surface area contributed by atoms with E-state index in [0.29, 0.717) is 22.5 Å². The summed E-state index contributed by atoms with van der Waals surface area (Å²) >= 11 is 0. The van der Waals surface area contributed by atoms with Gasteiger partial charge in [0.15, 0.2) is 0 Å². The topological polar surface area (TPSA) is 52.6 Å². The maximum absolute atomic E-state index is 13.3. The highest BCUT2D eigenvalue weighted by atomic mass is 16.1. The van der Waals surface area contributed by atoms with E-state index >= 15 is 0 Å². The zero-order valence-corrected chi connectivity index (χ0v) is 15.4. The maximum Gasteiger partial charge on any atom is 0.212 e. The molecule has 2 aliphatic rings. The molecule has 0 spiro atoms. The predicted octanol–water partition coefficient (Wildman–Crippen LogP) is 3.03. The van der Waals surface area contributed by atoms with Crippen LogP contribution in [0.5, 0.6) is 0 Å². The molecule has 0 saturated carbocycles. The molecule has 0 radical (unpaired) electrons. The molecule has 138 valence electrons. The Morgan fingerprint density at radius 2 is 1.41 bits per heavy atom. The van der Waals surface area contributed by atoms with Gasteiger partial charge in [0.25, 0.3) is 0 Å². The first kappa shape index (κ1) is 17.5. The van der Waals surface area contributed by atoms with Gasteiger partial charge in [-0.25, -0.2) is 0 Å². The van der Waals surface area contributed by atoms with Crippen molar-refractivity contribution in [2.45, 2.75) is 6.92 Å². The molecule has 4 rings (SSSR count). The van der Waals surface area contributed by atoms with Crippen LogP contribution < -0.4 is 5.32 Å². The van der Waals surface area contributed by atoms with Crippen LogP contribution in [0.1, 0.15) is 27.6 Å². The Hall–Kier alpha value is -2.92. The van der Waals surface area contributed by atoms with Crippen molar-refractivity contribution in [1.29, 1.82) is 0 Å². The smallest absolute Gasteiger partial charge is 0.212 e. The molecule has 0 bridgehead atoms. The molecule has 1 saturated heterocycles. The third-order valence-corrected chi connectivity index (χ3v) is 5.27. The number of hydrogen-bond acceptors (Lipinski definition) is 5. The van der Waals surface area contributed by atoms with Gasteiger partial charge in [0.2, 0.25) is 11.6 Å². The second-order valence-electron chi connectivity index (χ2n) is 6.84. The largest absolute Gasteiger partial charge is 0.364 e. The number of nitrogens with one attached hydrogen (secondary N) is 1. The Morgan fingerprint density at radius 1 is 0.815 bits per heavy atom. The molecule has 2 aromatic rings. The van der Waals surface area contributed by atoms with Crippen molar-refractivity contribution in [2.75, 3.05) is 38.0 Å². The van der Waals surface area contributed by atoms with Crippen LogP contribution in [0.3, 0.4) is 0 Å². The van der Waals surface area contributed by atoms with Crippen LogP contribution in [0.15, 0.2) is 66.0 Å². The van der Waals surface area contributed by atoms with E-state index in [9.17, 15) is 9.59 Å². The van der Waals surface area contributed by atoms with Crippen LogP contribution in [-0.4, -0.2) is 54.1 Å². The van der Waals surface area contributed by atoms with E-state index in [4.69, 9.17) is 0 Å². The molecular formula is C22H23N3O2. The van der Waals surface area contributed by atoms with Gasteiger partial charge in [0.1, 0.15) is 11.4 Å². The van der Waals surface area contributed by atoms with E-state index in [1.165, 1.54) is 0 Å². The number of carbonyl (C=O) groups excluding carboxylic acids is 2. The molecule has 1 aliphatic heterocycles. The Morgan fingerprint density at radius 3 is 2.04 bits per heavy atom. The lowest BCUT2D eigenvalue weighted by Crippen LogP contribution is -2.48. The minimum atomic E-state index is -0.123. The Bertz CT molecular complexity index is 897. The van der Waals surface area contributed by atoms with Crippen LogP contribution in [0.25, 0.3) is 0 Å². The minimum absolute atomic E-state index is 0.0754. The number of fused-ring (bicyclic) bond motifs is 1. The minimum Gasteiger partial charge on any atom is -0.364 e. The lowest BCUT2D eigenvalue weighted by Gasteiger charge is -2.38. The monoisotopic (exact) mass is 361 g/mol. The summed E-state index contributed by atoms with van der Waals surface area (Å²) in [5.41, 5.74) is 2.65. The van der Waals surface area contributed by atoms with Crippen LogP contribution >= 0.6 is 0 Å². The number of benzene rings is 2. The van der Waals surface area contributed by atoms with Crippen molar-refractivity contribution in [1.82, 2.24) is 9.80 Å². The van der Waals surface area contributed by atoms with Gasteiger partial charge >= 0.3 is 0 Å². The van der Waals surface area contributed by atoms with Gasteiger partial charge in [-0.1, -0.05) is 49.4 Å². The van der Waals surface area contributed by atoms with Gasteiger partial charge in [-0.2, -0.15) is 0 Å². The maximum atomic E-state index is 13.3. The molecule has 1 N–H and O–H groups in total.